The van der Waals surface area contributed by atoms with Crippen LogP contribution < -0.4 is 10.6 Å². The van der Waals surface area contributed by atoms with Crippen molar-refractivity contribution in [2.45, 2.75) is 20.1 Å². The molecule has 2 N–H and O–H groups in total. The minimum atomic E-state index is -0.253. The summed E-state index contributed by atoms with van der Waals surface area (Å²) in [6.07, 6.45) is 1.77. The molecule has 0 aromatic heterocycles. The fourth-order valence-electron chi connectivity index (χ4n) is 1.67. The van der Waals surface area contributed by atoms with Gasteiger partial charge in [-0.2, -0.15) is 0 Å². The number of benzene rings is 1. The largest absolute Gasteiger partial charge is 0.380 e. The Kier molecular flexibility index (Phi) is 10.9. The Labute approximate surface area is 142 Å². The third kappa shape index (κ3) is 7.42. The van der Waals surface area contributed by atoms with Gasteiger partial charge in [0.2, 0.25) is 0 Å². The first kappa shape index (κ1) is 19.9. The van der Waals surface area contributed by atoms with Crippen molar-refractivity contribution in [3.8, 4) is 0 Å². The molecule has 6 heteroatoms. The maximum absolute atomic E-state index is 13.5. The van der Waals surface area contributed by atoms with Gasteiger partial charge in [0.15, 0.2) is 5.96 Å². The number of nitrogens with zero attached hydrogens (tertiary/aromatic N) is 1. The highest BCUT2D eigenvalue weighted by Crippen LogP contribution is 2.12. The topological polar surface area (TPSA) is 45.7 Å². The molecule has 0 amide bonds. The van der Waals surface area contributed by atoms with E-state index in [9.17, 15) is 4.39 Å². The van der Waals surface area contributed by atoms with Crippen molar-refractivity contribution in [3.63, 3.8) is 0 Å². The summed E-state index contributed by atoms with van der Waals surface area (Å²) in [5, 5.41) is 6.24. The molecule has 0 unspecified atom stereocenters. The summed E-state index contributed by atoms with van der Waals surface area (Å²) in [4.78, 5) is 4.44. The van der Waals surface area contributed by atoms with Crippen molar-refractivity contribution in [1.29, 1.82) is 0 Å². The van der Waals surface area contributed by atoms with Crippen LogP contribution in [0, 0.1) is 5.82 Å². The molecule has 4 nitrogen and oxygen atoms in total. The highest BCUT2D eigenvalue weighted by Gasteiger charge is 2.03. The first-order valence-corrected chi connectivity index (χ1v) is 6.60. The number of nitrogens with one attached hydrogen (secondary N) is 2. The molecular formula is C15H23FIN3O. The molecule has 0 atom stereocenters. The van der Waals surface area contributed by atoms with Crippen molar-refractivity contribution >= 4 is 29.9 Å². The van der Waals surface area contributed by atoms with Gasteiger partial charge in [0.25, 0.3) is 0 Å². The molecule has 0 spiro atoms. The second-order valence-electron chi connectivity index (χ2n) is 4.22. The summed E-state index contributed by atoms with van der Waals surface area (Å²) in [6.45, 7) is 7.81. The van der Waals surface area contributed by atoms with E-state index in [-0.39, 0.29) is 36.4 Å². The summed E-state index contributed by atoms with van der Waals surface area (Å²) in [5.74, 6) is 0.460. The van der Waals surface area contributed by atoms with E-state index >= 15 is 0 Å². The van der Waals surface area contributed by atoms with Crippen molar-refractivity contribution in [2.24, 2.45) is 4.99 Å². The van der Waals surface area contributed by atoms with Crippen molar-refractivity contribution in [2.75, 3.05) is 20.2 Å². The highest BCUT2D eigenvalue weighted by molar-refractivity contribution is 14.0. The Morgan fingerprint density at radius 3 is 2.81 bits per heavy atom. The monoisotopic (exact) mass is 407 g/mol. The molecule has 0 radical (unpaired) electrons. The average Bonchev–Trinajstić information content (AvgIpc) is 2.45. The molecule has 1 aromatic carbocycles. The zero-order valence-electron chi connectivity index (χ0n) is 12.5. The van der Waals surface area contributed by atoms with E-state index in [1.165, 1.54) is 6.07 Å². The second kappa shape index (κ2) is 11.5. The molecule has 1 rings (SSSR count). The number of guanidine groups is 1. The van der Waals surface area contributed by atoms with Crippen LogP contribution in [0.1, 0.15) is 18.1 Å². The fraction of sp³-hybridized carbons (Fsp3) is 0.400. The lowest BCUT2D eigenvalue weighted by Gasteiger charge is -2.10. The van der Waals surface area contributed by atoms with Gasteiger partial charge < -0.3 is 15.4 Å². The Hall–Kier alpha value is -1.15. The number of hydrogen-bond donors (Lipinski definition) is 2. The smallest absolute Gasteiger partial charge is 0.191 e. The van der Waals surface area contributed by atoms with E-state index in [1.807, 2.05) is 6.92 Å². The molecule has 21 heavy (non-hydrogen) atoms. The Bertz CT molecular complexity index is 466. The molecule has 0 aliphatic heterocycles. The number of aliphatic imine (C=N–C) groups is 1. The third-order valence-corrected chi connectivity index (χ3v) is 2.59. The van der Waals surface area contributed by atoms with E-state index in [0.29, 0.717) is 24.6 Å². The van der Waals surface area contributed by atoms with Crippen molar-refractivity contribution in [3.05, 3.63) is 47.8 Å². The average molecular weight is 407 g/mol. The predicted molar refractivity (Wildman–Crippen MR) is 95.5 cm³/mol. The number of rotatable bonds is 7. The summed E-state index contributed by atoms with van der Waals surface area (Å²) in [6, 6.07) is 4.96. The van der Waals surface area contributed by atoms with E-state index in [1.54, 1.807) is 25.3 Å². The molecule has 1 aromatic rings. The fourth-order valence-corrected chi connectivity index (χ4v) is 1.67. The van der Waals surface area contributed by atoms with Gasteiger partial charge in [-0.1, -0.05) is 12.1 Å². The van der Waals surface area contributed by atoms with Gasteiger partial charge >= 0.3 is 0 Å². The van der Waals surface area contributed by atoms with Gasteiger partial charge in [-0.25, -0.2) is 9.38 Å². The van der Waals surface area contributed by atoms with Crippen molar-refractivity contribution in [1.82, 2.24) is 10.6 Å². The Balaban J connectivity index is 0.00000400. The first-order chi connectivity index (χ1) is 9.71. The van der Waals surface area contributed by atoms with E-state index in [0.717, 1.165) is 12.1 Å². The Morgan fingerprint density at radius 2 is 2.19 bits per heavy atom. The van der Waals surface area contributed by atoms with Gasteiger partial charge in [0.05, 0.1) is 13.2 Å². The minimum absolute atomic E-state index is 0. The maximum atomic E-state index is 13.5. The molecule has 0 fully saturated rings. The summed E-state index contributed by atoms with van der Waals surface area (Å²) in [7, 11) is 1.55. The van der Waals surface area contributed by atoms with Crippen LogP contribution in [0.15, 0.2) is 35.8 Å². The summed E-state index contributed by atoms with van der Waals surface area (Å²) < 4.78 is 18.5. The molecular weight excluding hydrogens is 384 g/mol. The predicted octanol–water partition coefficient (Wildman–Crippen LogP) is 2.83. The number of ether oxygens (including phenoxy) is 1. The van der Waals surface area contributed by atoms with Gasteiger partial charge in [0.1, 0.15) is 5.82 Å². The molecule has 0 heterocycles. The zero-order valence-corrected chi connectivity index (χ0v) is 14.8. The van der Waals surface area contributed by atoms with Crippen LogP contribution in [0.3, 0.4) is 0 Å². The molecule has 118 valence electrons. The standard InChI is InChI=1S/C15H22FN3O.HI/c1-4-8-18-15(17-5-2)19-10-12-6-7-14(16)13(9-12)11-20-3;/h4,6-7,9H,1,5,8,10-11H2,2-3H3,(H2,17,18,19);1H. The zero-order chi connectivity index (χ0) is 14.8. The second-order valence-corrected chi connectivity index (χ2v) is 4.22. The van der Waals surface area contributed by atoms with E-state index in [4.69, 9.17) is 4.74 Å². The summed E-state index contributed by atoms with van der Waals surface area (Å²) in [5.41, 5.74) is 1.48. The lowest BCUT2D eigenvalue weighted by Crippen LogP contribution is -2.37. The van der Waals surface area contributed by atoms with Gasteiger partial charge in [-0.15, -0.1) is 30.6 Å². The van der Waals surface area contributed by atoms with Crippen LogP contribution in [0.4, 0.5) is 4.39 Å². The maximum Gasteiger partial charge on any atom is 0.191 e. The molecule has 0 saturated carbocycles. The molecule has 0 aliphatic rings. The van der Waals surface area contributed by atoms with Crippen LogP contribution in [0.2, 0.25) is 0 Å². The summed E-state index contributed by atoms with van der Waals surface area (Å²) >= 11 is 0. The lowest BCUT2D eigenvalue weighted by atomic mass is 10.1. The first-order valence-electron chi connectivity index (χ1n) is 6.60. The van der Waals surface area contributed by atoms with Gasteiger partial charge in [-0.3, -0.25) is 0 Å². The molecule has 0 saturated heterocycles. The van der Waals surface area contributed by atoms with Crippen LogP contribution >= 0.6 is 24.0 Å². The van der Waals surface area contributed by atoms with Crippen LogP contribution in [0.5, 0.6) is 0 Å². The molecule has 0 bridgehead atoms. The highest BCUT2D eigenvalue weighted by atomic mass is 127. The van der Waals surface area contributed by atoms with Gasteiger partial charge in [0, 0.05) is 25.8 Å². The van der Waals surface area contributed by atoms with Crippen LogP contribution in [0.25, 0.3) is 0 Å². The third-order valence-electron chi connectivity index (χ3n) is 2.59. The Morgan fingerprint density at radius 1 is 1.43 bits per heavy atom. The number of methoxy groups -OCH3 is 1. The van der Waals surface area contributed by atoms with E-state index in [2.05, 4.69) is 22.2 Å². The van der Waals surface area contributed by atoms with Crippen LogP contribution in [-0.2, 0) is 17.9 Å². The quantitative estimate of drug-likeness (QED) is 0.316. The number of halogens is 2. The van der Waals surface area contributed by atoms with E-state index < -0.39 is 0 Å². The minimum Gasteiger partial charge on any atom is -0.380 e. The van der Waals surface area contributed by atoms with Gasteiger partial charge in [-0.05, 0) is 24.6 Å². The van der Waals surface area contributed by atoms with Crippen molar-refractivity contribution < 1.29 is 9.13 Å². The molecule has 0 aliphatic carbocycles. The SMILES string of the molecule is C=CCNC(=NCc1ccc(F)c(COC)c1)NCC.I. The normalized spacial score (nSPS) is 10.7. The lowest BCUT2D eigenvalue weighted by molar-refractivity contribution is 0.181. The van der Waals surface area contributed by atoms with Crippen LogP contribution in [-0.4, -0.2) is 26.2 Å². The number of hydrogen-bond acceptors (Lipinski definition) is 2.